The lowest BCUT2D eigenvalue weighted by Gasteiger charge is -2.21. The molecule has 0 saturated carbocycles. The Hall–Kier alpha value is -1.94. The van der Waals surface area contributed by atoms with Crippen molar-refractivity contribution in [3.05, 3.63) is 0 Å². The standard InChI is InChI=1S/C73H142O17P2/c1-8-10-11-12-13-14-15-16-20-25-33-40-47-54-70(75)83-60-68(89-72(77)56-49-42-35-26-21-18-17-19-23-30-37-44-51-64(3)4)62-87-91(79,80)85-58-67(74)59-86-92(81,82)88-63-69(90-73(78)57-50-43-36-27-22-24-31-38-45-52-65(5)6)61-84-71(76)55-48-41-34-29-28-32-39-46-53-66(7)9-2/h64-69,74H,8-63H2,1-7H3,(H,79,80)(H,81,82)/t66?,67-,68-,69-/m1/s1. The maximum atomic E-state index is 13.1. The third-order valence-electron chi connectivity index (χ3n) is 17.2. The highest BCUT2D eigenvalue weighted by atomic mass is 31.2. The van der Waals surface area contributed by atoms with Crippen molar-refractivity contribution in [2.24, 2.45) is 17.8 Å². The van der Waals surface area contributed by atoms with E-state index in [2.05, 4.69) is 48.5 Å². The van der Waals surface area contributed by atoms with Gasteiger partial charge in [0.2, 0.25) is 0 Å². The Labute approximate surface area is 562 Å². The summed E-state index contributed by atoms with van der Waals surface area (Å²) in [6.45, 7) is 11.9. The number of carbonyl (C=O) groups is 4. The van der Waals surface area contributed by atoms with E-state index in [-0.39, 0.29) is 25.7 Å². The lowest BCUT2D eigenvalue weighted by atomic mass is 9.99. The van der Waals surface area contributed by atoms with Gasteiger partial charge in [0.15, 0.2) is 12.2 Å². The lowest BCUT2D eigenvalue weighted by molar-refractivity contribution is -0.161. The van der Waals surface area contributed by atoms with Crippen LogP contribution in [-0.4, -0.2) is 96.7 Å². The summed E-state index contributed by atoms with van der Waals surface area (Å²) in [5.41, 5.74) is 0. The van der Waals surface area contributed by atoms with Crippen LogP contribution in [0.25, 0.3) is 0 Å². The van der Waals surface area contributed by atoms with Crippen LogP contribution in [0.15, 0.2) is 0 Å². The first-order chi connectivity index (χ1) is 44.3. The minimum atomic E-state index is -4.95. The SMILES string of the molecule is CCCCCCCCCCCCCCCC(=O)OC[C@H](COP(=O)(O)OC[C@@H](O)COP(=O)(O)OC[C@@H](COC(=O)CCCCCCCCCCC(C)CC)OC(=O)CCCCCCCCCCCC(C)C)OC(=O)CCCCCCCCCCCCCCC(C)C. The van der Waals surface area contributed by atoms with Gasteiger partial charge in [-0.1, -0.05) is 318 Å². The molecule has 0 aliphatic rings. The molecule has 0 saturated heterocycles. The van der Waals surface area contributed by atoms with Gasteiger partial charge in [-0.05, 0) is 43.4 Å². The molecular weight excluding hydrogens is 1210 g/mol. The molecule has 0 rings (SSSR count). The maximum Gasteiger partial charge on any atom is 0.472 e. The molecule has 0 bridgehead atoms. The second-order valence-electron chi connectivity index (χ2n) is 27.5. The zero-order chi connectivity index (χ0) is 68.0. The summed E-state index contributed by atoms with van der Waals surface area (Å²) in [5.74, 6) is 0.169. The highest BCUT2D eigenvalue weighted by Crippen LogP contribution is 2.45. The van der Waals surface area contributed by atoms with Crippen molar-refractivity contribution in [3.8, 4) is 0 Å². The van der Waals surface area contributed by atoms with E-state index >= 15 is 0 Å². The number of ether oxygens (including phenoxy) is 4. The third-order valence-corrected chi connectivity index (χ3v) is 19.1. The van der Waals surface area contributed by atoms with Crippen LogP contribution in [0.4, 0.5) is 0 Å². The Kier molecular flexibility index (Phi) is 62.4. The van der Waals surface area contributed by atoms with E-state index in [1.807, 2.05) is 0 Å². The molecule has 3 unspecified atom stereocenters. The molecule has 0 aromatic heterocycles. The summed E-state index contributed by atoms with van der Waals surface area (Å²) < 4.78 is 68.4. The average molecular weight is 1350 g/mol. The molecule has 3 N–H and O–H groups in total. The largest absolute Gasteiger partial charge is 0.472 e. The molecule has 0 fully saturated rings. The first kappa shape index (κ1) is 90.1. The molecular formula is C73H142O17P2. The number of hydrogen-bond donors (Lipinski definition) is 3. The Morgan fingerprint density at radius 1 is 0.315 bits per heavy atom. The van der Waals surface area contributed by atoms with Crippen LogP contribution < -0.4 is 0 Å². The summed E-state index contributed by atoms with van der Waals surface area (Å²) >= 11 is 0. The van der Waals surface area contributed by atoms with Crippen LogP contribution in [0.5, 0.6) is 0 Å². The molecule has 0 aromatic rings. The molecule has 6 atom stereocenters. The van der Waals surface area contributed by atoms with Crippen LogP contribution in [0.3, 0.4) is 0 Å². The Bertz CT molecular complexity index is 1800. The van der Waals surface area contributed by atoms with Crippen LogP contribution in [0.2, 0.25) is 0 Å². The Morgan fingerprint density at radius 3 is 0.826 bits per heavy atom. The molecule has 19 heteroatoms. The van der Waals surface area contributed by atoms with Gasteiger partial charge < -0.3 is 33.8 Å². The normalized spacial score (nSPS) is 14.4. The molecule has 0 spiro atoms. The maximum absolute atomic E-state index is 13.1. The predicted octanol–water partition coefficient (Wildman–Crippen LogP) is 21.0. The minimum Gasteiger partial charge on any atom is -0.462 e. The molecule has 0 aliphatic heterocycles. The number of phosphoric ester groups is 2. The summed E-state index contributed by atoms with van der Waals surface area (Å²) in [4.78, 5) is 72.7. The molecule has 0 aromatic carbocycles. The van der Waals surface area contributed by atoms with Crippen molar-refractivity contribution in [3.63, 3.8) is 0 Å². The van der Waals surface area contributed by atoms with Gasteiger partial charge in [0, 0.05) is 25.7 Å². The van der Waals surface area contributed by atoms with Gasteiger partial charge in [0.25, 0.3) is 0 Å². The monoisotopic (exact) mass is 1350 g/mol. The van der Waals surface area contributed by atoms with Crippen LogP contribution >= 0.6 is 15.6 Å². The van der Waals surface area contributed by atoms with E-state index in [0.717, 1.165) is 108 Å². The van der Waals surface area contributed by atoms with E-state index in [1.54, 1.807) is 0 Å². The second-order valence-corrected chi connectivity index (χ2v) is 30.4. The summed E-state index contributed by atoms with van der Waals surface area (Å²) in [7, 11) is -9.91. The van der Waals surface area contributed by atoms with Crippen LogP contribution in [-0.2, 0) is 65.4 Å². The third kappa shape index (κ3) is 65.4. The Morgan fingerprint density at radius 2 is 0.554 bits per heavy atom. The van der Waals surface area contributed by atoms with E-state index < -0.39 is 97.5 Å². The summed E-state index contributed by atoms with van der Waals surface area (Å²) in [6.07, 6.45) is 48.4. The van der Waals surface area contributed by atoms with Crippen LogP contribution in [0, 0.1) is 17.8 Å². The zero-order valence-electron chi connectivity index (χ0n) is 60.0. The quantitative estimate of drug-likeness (QED) is 0.0222. The highest BCUT2D eigenvalue weighted by molar-refractivity contribution is 7.47. The number of phosphoric acid groups is 2. The van der Waals surface area contributed by atoms with Gasteiger partial charge in [-0.2, -0.15) is 0 Å². The second kappa shape index (κ2) is 63.8. The van der Waals surface area contributed by atoms with Crippen molar-refractivity contribution in [2.45, 2.75) is 388 Å². The van der Waals surface area contributed by atoms with Crippen LogP contribution in [0.1, 0.15) is 370 Å². The molecule has 0 aliphatic carbocycles. The fourth-order valence-electron chi connectivity index (χ4n) is 11.0. The van der Waals surface area contributed by atoms with Crippen molar-refractivity contribution in [1.82, 2.24) is 0 Å². The topological polar surface area (TPSA) is 237 Å². The number of aliphatic hydroxyl groups is 1. The lowest BCUT2D eigenvalue weighted by Crippen LogP contribution is -2.30. The summed E-state index contributed by atoms with van der Waals surface area (Å²) in [5, 5.41) is 10.6. The molecule has 92 heavy (non-hydrogen) atoms. The van der Waals surface area contributed by atoms with Crippen molar-refractivity contribution >= 4 is 39.5 Å². The Balaban J connectivity index is 5.27. The average Bonchev–Trinajstić information content (AvgIpc) is 3.73. The van der Waals surface area contributed by atoms with Gasteiger partial charge in [-0.25, -0.2) is 9.13 Å². The number of rotatable bonds is 71. The van der Waals surface area contributed by atoms with Gasteiger partial charge in [-0.3, -0.25) is 37.3 Å². The zero-order valence-corrected chi connectivity index (χ0v) is 61.8. The van der Waals surface area contributed by atoms with E-state index in [4.69, 9.17) is 37.0 Å². The molecule has 17 nitrogen and oxygen atoms in total. The summed E-state index contributed by atoms with van der Waals surface area (Å²) in [6, 6.07) is 0. The minimum absolute atomic E-state index is 0.105. The number of carbonyl (C=O) groups excluding carboxylic acids is 4. The number of aliphatic hydroxyl groups excluding tert-OH is 1. The van der Waals surface area contributed by atoms with Crippen molar-refractivity contribution in [1.29, 1.82) is 0 Å². The number of unbranched alkanes of at least 4 members (excludes halogenated alkanes) is 38. The molecule has 546 valence electrons. The van der Waals surface area contributed by atoms with E-state index in [0.29, 0.717) is 25.7 Å². The van der Waals surface area contributed by atoms with Gasteiger partial charge >= 0.3 is 39.5 Å². The van der Waals surface area contributed by atoms with Crippen molar-refractivity contribution in [2.75, 3.05) is 39.6 Å². The highest BCUT2D eigenvalue weighted by Gasteiger charge is 2.30. The smallest absolute Gasteiger partial charge is 0.462 e. The fraction of sp³-hybridized carbons (Fsp3) is 0.945. The van der Waals surface area contributed by atoms with E-state index in [1.165, 1.54) is 180 Å². The van der Waals surface area contributed by atoms with Gasteiger partial charge in [0.1, 0.15) is 19.3 Å². The predicted molar refractivity (Wildman–Crippen MR) is 372 cm³/mol. The fourth-order valence-corrected chi connectivity index (χ4v) is 12.6. The first-order valence-electron chi connectivity index (χ1n) is 37.9. The molecule has 0 amide bonds. The van der Waals surface area contributed by atoms with E-state index in [9.17, 15) is 43.2 Å². The first-order valence-corrected chi connectivity index (χ1v) is 40.9. The molecule has 0 radical (unpaired) electrons. The number of esters is 4. The van der Waals surface area contributed by atoms with Crippen molar-refractivity contribution < 1.29 is 80.2 Å². The van der Waals surface area contributed by atoms with Gasteiger partial charge in [-0.15, -0.1) is 0 Å². The van der Waals surface area contributed by atoms with Gasteiger partial charge in [0.05, 0.1) is 26.4 Å². The number of hydrogen-bond acceptors (Lipinski definition) is 15. The molecule has 0 heterocycles.